The second kappa shape index (κ2) is 8.72. The average Bonchev–Trinajstić information content (AvgIpc) is 2.36. The summed E-state index contributed by atoms with van der Waals surface area (Å²) in [6.07, 6.45) is 0.678. The molecular weight excluding hydrogens is 303 g/mol. The first-order valence-electron chi connectivity index (χ1n) is 5.96. The van der Waals surface area contributed by atoms with Crippen molar-refractivity contribution in [2.24, 2.45) is 5.73 Å². The van der Waals surface area contributed by atoms with E-state index in [0.29, 0.717) is 34.6 Å². The van der Waals surface area contributed by atoms with Crippen molar-refractivity contribution >= 4 is 40.4 Å². The molecule has 2 N–H and O–H groups in total. The van der Waals surface area contributed by atoms with Crippen LogP contribution < -0.4 is 5.73 Å². The van der Waals surface area contributed by atoms with E-state index in [1.165, 1.54) is 0 Å². The van der Waals surface area contributed by atoms with Gasteiger partial charge in [-0.05, 0) is 23.8 Å². The molecule has 0 saturated carbocycles. The standard InChI is InChI=1S/C13H18Cl2N2OS/c1-18-7-6-17(5-4-13(16)19)9-10-8-11(14)2-3-12(10)15/h2-3,8H,4-7,9H2,1H3,(H2,16,19). The molecule has 0 aliphatic rings. The summed E-state index contributed by atoms with van der Waals surface area (Å²) < 4.78 is 5.11. The summed E-state index contributed by atoms with van der Waals surface area (Å²) in [5.41, 5.74) is 6.54. The van der Waals surface area contributed by atoms with Crippen molar-refractivity contribution in [3.63, 3.8) is 0 Å². The number of halogens is 2. The fourth-order valence-electron chi connectivity index (χ4n) is 1.66. The first kappa shape index (κ1) is 16.7. The first-order chi connectivity index (χ1) is 9.02. The lowest BCUT2D eigenvalue weighted by atomic mass is 10.2. The zero-order valence-electron chi connectivity index (χ0n) is 10.9. The van der Waals surface area contributed by atoms with Crippen LogP contribution in [0.25, 0.3) is 0 Å². The van der Waals surface area contributed by atoms with Gasteiger partial charge in [-0.1, -0.05) is 35.4 Å². The topological polar surface area (TPSA) is 38.5 Å². The number of rotatable bonds is 8. The smallest absolute Gasteiger partial charge is 0.0740 e. The van der Waals surface area contributed by atoms with E-state index in [0.717, 1.165) is 18.7 Å². The minimum Gasteiger partial charge on any atom is -0.393 e. The highest BCUT2D eigenvalue weighted by Crippen LogP contribution is 2.22. The molecule has 0 spiro atoms. The number of benzene rings is 1. The van der Waals surface area contributed by atoms with Crippen LogP contribution in [0.2, 0.25) is 10.0 Å². The maximum Gasteiger partial charge on any atom is 0.0740 e. The van der Waals surface area contributed by atoms with Gasteiger partial charge in [0.15, 0.2) is 0 Å². The molecule has 6 heteroatoms. The third-order valence-corrected chi connectivity index (χ3v) is 3.50. The Hall–Kier alpha value is -0.390. The molecule has 0 aromatic heterocycles. The van der Waals surface area contributed by atoms with Crippen LogP contribution in [0.15, 0.2) is 18.2 Å². The molecule has 0 radical (unpaired) electrons. The van der Waals surface area contributed by atoms with Gasteiger partial charge < -0.3 is 10.5 Å². The summed E-state index contributed by atoms with van der Waals surface area (Å²) in [5, 5.41) is 1.39. The van der Waals surface area contributed by atoms with E-state index in [1.807, 2.05) is 6.07 Å². The van der Waals surface area contributed by atoms with E-state index < -0.39 is 0 Å². The third-order valence-electron chi connectivity index (χ3n) is 2.69. The molecule has 0 unspecified atom stereocenters. The Morgan fingerprint density at radius 3 is 2.74 bits per heavy atom. The van der Waals surface area contributed by atoms with Crippen LogP contribution in [0.4, 0.5) is 0 Å². The summed E-state index contributed by atoms with van der Waals surface area (Å²) in [7, 11) is 1.68. The maximum atomic E-state index is 6.17. The summed E-state index contributed by atoms with van der Waals surface area (Å²) in [6.45, 7) is 2.92. The Kier molecular flexibility index (Phi) is 7.64. The molecule has 0 bridgehead atoms. The molecule has 0 aliphatic carbocycles. The minimum atomic E-state index is 0.514. The maximum absolute atomic E-state index is 6.17. The number of thiocarbonyl (C=S) groups is 1. The van der Waals surface area contributed by atoms with Gasteiger partial charge >= 0.3 is 0 Å². The number of nitrogens with two attached hydrogens (primary N) is 1. The summed E-state index contributed by atoms with van der Waals surface area (Å²) in [4.78, 5) is 2.71. The van der Waals surface area contributed by atoms with Gasteiger partial charge in [-0.3, -0.25) is 4.90 Å². The van der Waals surface area contributed by atoms with Crippen LogP contribution in [-0.2, 0) is 11.3 Å². The van der Waals surface area contributed by atoms with Crippen molar-refractivity contribution in [3.8, 4) is 0 Å². The zero-order chi connectivity index (χ0) is 14.3. The number of methoxy groups -OCH3 is 1. The molecule has 19 heavy (non-hydrogen) atoms. The Morgan fingerprint density at radius 1 is 1.37 bits per heavy atom. The quantitative estimate of drug-likeness (QED) is 0.747. The average molecular weight is 321 g/mol. The van der Waals surface area contributed by atoms with Crippen LogP contribution in [0, 0.1) is 0 Å². The van der Waals surface area contributed by atoms with Crippen LogP contribution in [0.1, 0.15) is 12.0 Å². The molecule has 0 fully saturated rings. The van der Waals surface area contributed by atoms with E-state index in [4.69, 9.17) is 45.9 Å². The second-order valence-electron chi connectivity index (χ2n) is 4.22. The van der Waals surface area contributed by atoms with Crippen molar-refractivity contribution < 1.29 is 4.74 Å². The van der Waals surface area contributed by atoms with Gasteiger partial charge in [0.1, 0.15) is 0 Å². The Bertz CT molecular complexity index is 429. The molecule has 0 amide bonds. The molecular formula is C13H18Cl2N2OS. The highest BCUT2D eigenvalue weighted by Gasteiger charge is 2.09. The number of ether oxygens (including phenoxy) is 1. The predicted molar refractivity (Wildman–Crippen MR) is 85.0 cm³/mol. The fourth-order valence-corrected chi connectivity index (χ4v) is 2.13. The molecule has 1 aromatic rings. The molecule has 1 rings (SSSR count). The zero-order valence-corrected chi connectivity index (χ0v) is 13.2. The van der Waals surface area contributed by atoms with Crippen molar-refractivity contribution in [2.45, 2.75) is 13.0 Å². The van der Waals surface area contributed by atoms with Crippen LogP contribution in [-0.4, -0.2) is 36.7 Å². The van der Waals surface area contributed by atoms with E-state index in [1.54, 1.807) is 19.2 Å². The van der Waals surface area contributed by atoms with Crippen molar-refractivity contribution in [1.29, 1.82) is 0 Å². The van der Waals surface area contributed by atoms with Gasteiger partial charge in [0.2, 0.25) is 0 Å². The first-order valence-corrected chi connectivity index (χ1v) is 7.13. The van der Waals surface area contributed by atoms with Crippen LogP contribution >= 0.6 is 35.4 Å². The normalized spacial score (nSPS) is 10.9. The molecule has 0 aliphatic heterocycles. The molecule has 3 nitrogen and oxygen atoms in total. The van der Waals surface area contributed by atoms with Gasteiger partial charge in [-0.25, -0.2) is 0 Å². The van der Waals surface area contributed by atoms with Gasteiger partial charge in [-0.15, -0.1) is 0 Å². The van der Waals surface area contributed by atoms with Gasteiger partial charge in [0.25, 0.3) is 0 Å². The Morgan fingerprint density at radius 2 is 2.11 bits per heavy atom. The number of nitrogens with zero attached hydrogens (tertiary/aromatic N) is 1. The molecule has 0 heterocycles. The molecule has 106 valence electrons. The van der Waals surface area contributed by atoms with E-state index in [-0.39, 0.29) is 0 Å². The van der Waals surface area contributed by atoms with E-state index in [9.17, 15) is 0 Å². The third kappa shape index (κ3) is 6.54. The fraction of sp³-hybridized carbons (Fsp3) is 0.462. The largest absolute Gasteiger partial charge is 0.393 e. The van der Waals surface area contributed by atoms with Crippen LogP contribution in [0.3, 0.4) is 0 Å². The monoisotopic (exact) mass is 320 g/mol. The minimum absolute atomic E-state index is 0.514. The van der Waals surface area contributed by atoms with Gasteiger partial charge in [0, 0.05) is 43.2 Å². The van der Waals surface area contributed by atoms with Gasteiger partial charge in [-0.2, -0.15) is 0 Å². The summed E-state index contributed by atoms with van der Waals surface area (Å²) in [6, 6.07) is 5.47. The summed E-state index contributed by atoms with van der Waals surface area (Å²) >= 11 is 17.1. The van der Waals surface area contributed by atoms with Crippen molar-refractivity contribution in [2.75, 3.05) is 26.8 Å². The lowest BCUT2D eigenvalue weighted by Gasteiger charge is -2.22. The van der Waals surface area contributed by atoms with E-state index >= 15 is 0 Å². The van der Waals surface area contributed by atoms with Crippen LogP contribution in [0.5, 0.6) is 0 Å². The van der Waals surface area contributed by atoms with E-state index in [2.05, 4.69) is 4.90 Å². The van der Waals surface area contributed by atoms with Gasteiger partial charge in [0.05, 0.1) is 11.6 Å². The second-order valence-corrected chi connectivity index (χ2v) is 5.59. The predicted octanol–water partition coefficient (Wildman–Crippen LogP) is 3.12. The molecule has 0 atom stereocenters. The molecule has 0 saturated heterocycles. The summed E-state index contributed by atoms with van der Waals surface area (Å²) in [5.74, 6) is 0. The molecule has 1 aromatic carbocycles. The lowest BCUT2D eigenvalue weighted by Crippen LogP contribution is -2.30. The number of hydrogen-bond acceptors (Lipinski definition) is 3. The number of hydrogen-bond donors (Lipinski definition) is 1. The van der Waals surface area contributed by atoms with Crippen molar-refractivity contribution in [3.05, 3.63) is 33.8 Å². The highest BCUT2D eigenvalue weighted by molar-refractivity contribution is 7.80. The Balaban J connectivity index is 2.68. The lowest BCUT2D eigenvalue weighted by molar-refractivity contribution is 0.146. The Labute approximate surface area is 129 Å². The SMILES string of the molecule is COCCN(CCC(N)=S)Cc1cc(Cl)ccc1Cl. The van der Waals surface area contributed by atoms with Crippen molar-refractivity contribution in [1.82, 2.24) is 4.90 Å². The highest BCUT2D eigenvalue weighted by atomic mass is 35.5.